The zero-order chi connectivity index (χ0) is 22.4. The van der Waals surface area contributed by atoms with Crippen LogP contribution in [0.2, 0.25) is 0 Å². The Balaban J connectivity index is 1.71. The SMILES string of the molecule is Cc1cccc(N(C(C)C(=O)NCc2ccccc2CN2CCCCC2)S(C)(=O)=O)c1. The molecular weight excluding hydrogens is 410 g/mol. The van der Waals surface area contributed by atoms with Crippen LogP contribution >= 0.6 is 0 Å². The van der Waals surface area contributed by atoms with Gasteiger partial charge in [-0.05, 0) is 68.6 Å². The fourth-order valence-electron chi connectivity index (χ4n) is 4.15. The van der Waals surface area contributed by atoms with Crippen molar-refractivity contribution >= 4 is 21.6 Å². The van der Waals surface area contributed by atoms with Gasteiger partial charge in [0, 0.05) is 13.1 Å². The van der Waals surface area contributed by atoms with Crippen LogP contribution in [-0.4, -0.2) is 44.6 Å². The zero-order valence-electron chi connectivity index (χ0n) is 18.7. The summed E-state index contributed by atoms with van der Waals surface area (Å²) in [5.41, 5.74) is 3.70. The molecule has 0 bridgehead atoms. The number of carbonyl (C=O) groups excluding carboxylic acids is 1. The van der Waals surface area contributed by atoms with Crippen LogP contribution < -0.4 is 9.62 Å². The van der Waals surface area contributed by atoms with Crippen molar-refractivity contribution in [2.24, 2.45) is 0 Å². The lowest BCUT2D eigenvalue weighted by Gasteiger charge is -2.29. The number of aryl methyl sites for hydroxylation is 1. The Morgan fingerprint density at radius 2 is 1.74 bits per heavy atom. The first-order valence-corrected chi connectivity index (χ1v) is 12.7. The second-order valence-corrected chi connectivity index (χ2v) is 10.3. The molecule has 0 aromatic heterocycles. The molecule has 0 aliphatic carbocycles. The number of anilines is 1. The van der Waals surface area contributed by atoms with Gasteiger partial charge in [0.2, 0.25) is 15.9 Å². The molecule has 1 heterocycles. The summed E-state index contributed by atoms with van der Waals surface area (Å²) in [6, 6.07) is 14.5. The molecule has 0 radical (unpaired) electrons. The largest absolute Gasteiger partial charge is 0.350 e. The Kier molecular flexibility index (Phi) is 7.73. The van der Waals surface area contributed by atoms with E-state index in [0.717, 1.165) is 37.0 Å². The van der Waals surface area contributed by atoms with E-state index in [2.05, 4.69) is 16.3 Å². The number of benzene rings is 2. The lowest BCUT2D eigenvalue weighted by atomic mass is 10.0. The number of nitrogens with one attached hydrogen (secondary N) is 1. The van der Waals surface area contributed by atoms with Gasteiger partial charge in [0.15, 0.2) is 0 Å². The smallest absolute Gasteiger partial charge is 0.243 e. The number of sulfonamides is 1. The highest BCUT2D eigenvalue weighted by atomic mass is 32.2. The van der Waals surface area contributed by atoms with Gasteiger partial charge >= 0.3 is 0 Å². The van der Waals surface area contributed by atoms with E-state index in [1.54, 1.807) is 25.1 Å². The van der Waals surface area contributed by atoms with Crippen LogP contribution in [0.25, 0.3) is 0 Å². The van der Waals surface area contributed by atoms with Crippen LogP contribution in [0.3, 0.4) is 0 Å². The summed E-state index contributed by atoms with van der Waals surface area (Å²) in [6.45, 7) is 6.99. The van der Waals surface area contributed by atoms with Crippen molar-refractivity contribution in [1.29, 1.82) is 0 Å². The van der Waals surface area contributed by atoms with E-state index in [1.165, 1.54) is 29.1 Å². The van der Waals surface area contributed by atoms with E-state index in [1.807, 2.05) is 31.2 Å². The summed E-state index contributed by atoms with van der Waals surface area (Å²) in [5.74, 6) is -0.320. The molecular formula is C24H33N3O3S. The summed E-state index contributed by atoms with van der Waals surface area (Å²) in [4.78, 5) is 15.4. The van der Waals surface area contributed by atoms with E-state index >= 15 is 0 Å². The van der Waals surface area contributed by atoms with Gasteiger partial charge in [-0.15, -0.1) is 0 Å². The van der Waals surface area contributed by atoms with Crippen molar-refractivity contribution in [1.82, 2.24) is 10.2 Å². The molecule has 168 valence electrons. The molecule has 1 fully saturated rings. The highest BCUT2D eigenvalue weighted by molar-refractivity contribution is 7.92. The van der Waals surface area contributed by atoms with Gasteiger partial charge in [-0.1, -0.05) is 42.8 Å². The Bertz CT molecular complexity index is 1000. The first-order chi connectivity index (χ1) is 14.8. The molecule has 31 heavy (non-hydrogen) atoms. The van der Waals surface area contributed by atoms with Gasteiger partial charge in [0.1, 0.15) is 6.04 Å². The van der Waals surface area contributed by atoms with Gasteiger partial charge in [0.05, 0.1) is 11.9 Å². The maximum absolute atomic E-state index is 12.9. The van der Waals surface area contributed by atoms with Gasteiger partial charge in [-0.3, -0.25) is 14.0 Å². The highest BCUT2D eigenvalue weighted by Crippen LogP contribution is 2.22. The molecule has 3 rings (SSSR count). The number of nitrogens with zero attached hydrogens (tertiary/aromatic N) is 2. The van der Waals surface area contributed by atoms with Gasteiger partial charge in [-0.2, -0.15) is 0 Å². The Morgan fingerprint density at radius 1 is 1.06 bits per heavy atom. The monoisotopic (exact) mass is 443 g/mol. The molecule has 1 saturated heterocycles. The lowest BCUT2D eigenvalue weighted by molar-refractivity contribution is -0.122. The number of amides is 1. The highest BCUT2D eigenvalue weighted by Gasteiger charge is 2.29. The molecule has 2 aromatic carbocycles. The van der Waals surface area contributed by atoms with E-state index in [9.17, 15) is 13.2 Å². The molecule has 1 N–H and O–H groups in total. The third-order valence-electron chi connectivity index (χ3n) is 5.76. The average molecular weight is 444 g/mol. The van der Waals surface area contributed by atoms with Crippen LogP contribution in [0.4, 0.5) is 5.69 Å². The van der Waals surface area contributed by atoms with E-state index < -0.39 is 16.1 Å². The third-order valence-corrected chi connectivity index (χ3v) is 7.00. The fourth-order valence-corrected chi connectivity index (χ4v) is 5.31. The van der Waals surface area contributed by atoms with Crippen molar-refractivity contribution < 1.29 is 13.2 Å². The molecule has 1 amide bonds. The van der Waals surface area contributed by atoms with Crippen molar-refractivity contribution in [2.75, 3.05) is 23.7 Å². The molecule has 6 nitrogen and oxygen atoms in total. The molecule has 1 unspecified atom stereocenters. The van der Waals surface area contributed by atoms with Crippen molar-refractivity contribution in [3.8, 4) is 0 Å². The molecule has 1 atom stereocenters. The van der Waals surface area contributed by atoms with E-state index in [-0.39, 0.29) is 5.91 Å². The Hall–Kier alpha value is -2.38. The normalized spacial score (nSPS) is 16.0. The van der Waals surface area contributed by atoms with Gasteiger partial charge in [0.25, 0.3) is 0 Å². The number of likely N-dealkylation sites (tertiary alicyclic amines) is 1. The molecule has 2 aromatic rings. The summed E-state index contributed by atoms with van der Waals surface area (Å²) in [7, 11) is -3.62. The predicted octanol–water partition coefficient (Wildman–Crippen LogP) is 3.45. The van der Waals surface area contributed by atoms with Crippen molar-refractivity contribution in [3.05, 3.63) is 65.2 Å². The van der Waals surface area contributed by atoms with Crippen LogP contribution in [0.5, 0.6) is 0 Å². The molecule has 0 spiro atoms. The standard InChI is InChI=1S/C24H33N3O3S/c1-19-10-9-13-23(16-19)27(31(3,29)30)20(2)24(28)25-17-21-11-5-6-12-22(21)18-26-14-7-4-8-15-26/h5-6,9-13,16,20H,4,7-8,14-15,17-18H2,1-3H3,(H,25,28). The molecule has 0 saturated carbocycles. The van der Waals surface area contributed by atoms with Crippen LogP contribution in [0.1, 0.15) is 42.9 Å². The summed E-state index contributed by atoms with van der Waals surface area (Å²) < 4.78 is 26.1. The Morgan fingerprint density at radius 3 is 2.39 bits per heavy atom. The molecule has 1 aliphatic heterocycles. The first-order valence-electron chi connectivity index (χ1n) is 10.9. The van der Waals surface area contributed by atoms with Gasteiger partial charge < -0.3 is 5.32 Å². The molecule has 1 aliphatic rings. The Labute approximate surface area is 186 Å². The third kappa shape index (κ3) is 6.31. The minimum Gasteiger partial charge on any atom is -0.350 e. The maximum Gasteiger partial charge on any atom is 0.243 e. The fraction of sp³-hybridized carbons (Fsp3) is 0.458. The van der Waals surface area contributed by atoms with E-state index in [0.29, 0.717) is 12.2 Å². The van der Waals surface area contributed by atoms with E-state index in [4.69, 9.17) is 0 Å². The number of carbonyl (C=O) groups is 1. The second-order valence-electron chi connectivity index (χ2n) is 8.40. The van der Waals surface area contributed by atoms with Crippen molar-refractivity contribution in [3.63, 3.8) is 0 Å². The number of hydrogen-bond acceptors (Lipinski definition) is 4. The number of hydrogen-bond donors (Lipinski definition) is 1. The first kappa shape index (κ1) is 23.3. The number of piperidine rings is 1. The summed E-state index contributed by atoms with van der Waals surface area (Å²) in [6.07, 6.45) is 4.89. The van der Waals surface area contributed by atoms with Crippen LogP contribution in [0.15, 0.2) is 48.5 Å². The van der Waals surface area contributed by atoms with Gasteiger partial charge in [-0.25, -0.2) is 8.42 Å². The summed E-state index contributed by atoms with van der Waals surface area (Å²) >= 11 is 0. The minimum atomic E-state index is -3.62. The quantitative estimate of drug-likeness (QED) is 0.678. The average Bonchev–Trinajstić information content (AvgIpc) is 2.73. The lowest BCUT2D eigenvalue weighted by Crippen LogP contribution is -2.47. The maximum atomic E-state index is 12.9. The predicted molar refractivity (Wildman–Crippen MR) is 125 cm³/mol. The molecule has 7 heteroatoms. The van der Waals surface area contributed by atoms with Crippen molar-refractivity contribution in [2.45, 2.75) is 52.2 Å². The van der Waals surface area contributed by atoms with Crippen LogP contribution in [0, 0.1) is 6.92 Å². The number of rotatable bonds is 8. The van der Waals surface area contributed by atoms with Crippen LogP contribution in [-0.2, 0) is 27.9 Å². The minimum absolute atomic E-state index is 0.320. The zero-order valence-corrected chi connectivity index (χ0v) is 19.5. The second kappa shape index (κ2) is 10.3. The summed E-state index contributed by atoms with van der Waals surface area (Å²) in [5, 5.41) is 2.95. The topological polar surface area (TPSA) is 69.7 Å².